The van der Waals surface area contributed by atoms with Gasteiger partial charge in [0.25, 0.3) is 11.2 Å². The summed E-state index contributed by atoms with van der Waals surface area (Å²) in [5, 5.41) is 40.3. The molecule has 0 radical (unpaired) electrons. The Hall–Kier alpha value is -3.40. The van der Waals surface area contributed by atoms with E-state index in [0.717, 1.165) is 24.3 Å². The van der Waals surface area contributed by atoms with Crippen molar-refractivity contribution in [2.75, 3.05) is 0 Å². The fourth-order valence-corrected chi connectivity index (χ4v) is 2.66. The molecule has 2 atom stereocenters. The van der Waals surface area contributed by atoms with Crippen LogP contribution in [0.1, 0.15) is 31.8 Å². The van der Waals surface area contributed by atoms with Crippen LogP contribution in [0.15, 0.2) is 48.5 Å². The number of aliphatic hydroxyl groups is 2. The minimum Gasteiger partial charge on any atom is -0.479 e. The quantitative estimate of drug-likeness (QED) is 0.372. The number of aliphatic carboxylic acids is 2. The van der Waals surface area contributed by atoms with Gasteiger partial charge in [0.05, 0.1) is 0 Å². The first-order valence-electron chi connectivity index (χ1n) is 8.10. The molecule has 2 aromatic rings. The third-order valence-corrected chi connectivity index (χ3v) is 4.43. The fraction of sp³-hybridized carbons (Fsp3) is 0.200. The van der Waals surface area contributed by atoms with Gasteiger partial charge >= 0.3 is 11.9 Å². The van der Waals surface area contributed by atoms with Crippen molar-refractivity contribution in [3.63, 3.8) is 0 Å². The van der Waals surface area contributed by atoms with Crippen molar-refractivity contribution >= 4 is 23.5 Å². The Morgan fingerprint density at radius 1 is 0.621 bits per heavy atom. The first-order chi connectivity index (χ1) is 13.0. The van der Waals surface area contributed by atoms with Crippen LogP contribution in [0.4, 0.5) is 0 Å². The van der Waals surface area contributed by atoms with Gasteiger partial charge < -0.3 is 25.9 Å². The van der Waals surface area contributed by atoms with E-state index in [9.17, 15) is 39.6 Å². The van der Waals surface area contributed by atoms with Crippen molar-refractivity contribution in [2.24, 2.45) is 0 Å². The molecule has 0 aliphatic heterocycles. The minimum atomic E-state index is -3.96. The average molecular weight is 404 g/mol. The molecule has 0 aliphatic rings. The number of carbonyl (C=O) groups excluding carboxylic acids is 2. The van der Waals surface area contributed by atoms with E-state index in [1.54, 1.807) is 13.8 Å². The Bertz CT molecular complexity index is 867. The minimum absolute atomic E-state index is 0. The number of hydrogen-bond acceptors (Lipinski definition) is 6. The van der Waals surface area contributed by atoms with Crippen LogP contribution in [0.25, 0.3) is 0 Å². The van der Waals surface area contributed by atoms with Gasteiger partial charge in [0.1, 0.15) is 0 Å². The van der Waals surface area contributed by atoms with E-state index in [4.69, 9.17) is 0 Å². The summed E-state index contributed by atoms with van der Waals surface area (Å²) in [6, 6.07) is 10.3. The summed E-state index contributed by atoms with van der Waals surface area (Å²) in [6.45, 7) is 3.37. The smallest absolute Gasteiger partial charge is 0.348 e. The third-order valence-electron chi connectivity index (χ3n) is 4.43. The van der Waals surface area contributed by atoms with Gasteiger partial charge in [0.15, 0.2) is 0 Å². The molecule has 2 rings (SSSR count). The van der Waals surface area contributed by atoms with Gasteiger partial charge in [-0.15, -0.1) is 0 Å². The SMILES string of the molecule is Cc1ccc(C(=O)[C@@](O)(C(=O)O)[C@](O)(C(=O)O)C(=O)c2ccc(C)cc2)cc1.O. The Labute approximate surface area is 165 Å². The normalized spacial score (nSPS) is 14.6. The highest BCUT2D eigenvalue weighted by Gasteiger charge is 2.69. The van der Waals surface area contributed by atoms with Crippen LogP contribution in [-0.4, -0.2) is 60.6 Å². The van der Waals surface area contributed by atoms with Gasteiger partial charge in [-0.1, -0.05) is 59.7 Å². The molecular weight excluding hydrogens is 384 g/mol. The van der Waals surface area contributed by atoms with Crippen LogP contribution in [0.2, 0.25) is 0 Å². The Morgan fingerprint density at radius 2 is 0.862 bits per heavy atom. The zero-order valence-corrected chi connectivity index (χ0v) is 15.5. The number of Topliss-reactive ketones (excluding diaryl/α,β-unsaturated/α-hetero) is 2. The fourth-order valence-electron chi connectivity index (χ4n) is 2.66. The Kier molecular flexibility index (Phi) is 6.78. The monoisotopic (exact) mass is 404 g/mol. The topological polar surface area (TPSA) is 181 Å². The van der Waals surface area contributed by atoms with Gasteiger partial charge in [0, 0.05) is 11.1 Å². The molecule has 0 fully saturated rings. The second kappa shape index (κ2) is 8.31. The van der Waals surface area contributed by atoms with E-state index in [1.165, 1.54) is 24.3 Å². The number of benzene rings is 2. The number of aryl methyl sites for hydroxylation is 2. The molecule has 0 heterocycles. The maximum Gasteiger partial charge on any atom is 0.348 e. The lowest BCUT2D eigenvalue weighted by Gasteiger charge is -2.34. The predicted molar refractivity (Wildman–Crippen MR) is 99.8 cm³/mol. The van der Waals surface area contributed by atoms with E-state index in [1.807, 2.05) is 0 Å². The summed E-state index contributed by atoms with van der Waals surface area (Å²) in [6.07, 6.45) is 0. The molecule has 9 heteroatoms. The maximum absolute atomic E-state index is 12.8. The summed E-state index contributed by atoms with van der Waals surface area (Å²) in [5.41, 5.74) is -7.27. The highest BCUT2D eigenvalue weighted by atomic mass is 16.5. The van der Waals surface area contributed by atoms with E-state index < -0.39 is 34.7 Å². The summed E-state index contributed by atoms with van der Waals surface area (Å²) in [7, 11) is 0. The van der Waals surface area contributed by atoms with Gasteiger partial charge in [-0.2, -0.15) is 0 Å². The van der Waals surface area contributed by atoms with Crippen LogP contribution in [0, 0.1) is 13.8 Å². The number of carboxylic acid groups (broad SMARTS) is 2. The molecule has 2 aromatic carbocycles. The van der Waals surface area contributed by atoms with Crippen LogP contribution >= 0.6 is 0 Å². The zero-order chi connectivity index (χ0) is 21.3. The van der Waals surface area contributed by atoms with Crippen molar-refractivity contribution in [1.29, 1.82) is 0 Å². The molecule has 154 valence electrons. The van der Waals surface area contributed by atoms with Crippen molar-refractivity contribution in [1.82, 2.24) is 0 Å². The number of ketones is 2. The van der Waals surface area contributed by atoms with Crippen LogP contribution in [0.5, 0.6) is 0 Å². The van der Waals surface area contributed by atoms with Gasteiger partial charge in [-0.25, -0.2) is 9.59 Å². The molecule has 0 amide bonds. The largest absolute Gasteiger partial charge is 0.479 e. The van der Waals surface area contributed by atoms with Crippen molar-refractivity contribution in [3.05, 3.63) is 70.8 Å². The van der Waals surface area contributed by atoms with Crippen LogP contribution < -0.4 is 0 Å². The summed E-state index contributed by atoms with van der Waals surface area (Å²) in [4.78, 5) is 49.1. The predicted octanol–water partition coefficient (Wildman–Crippen LogP) is 0.176. The molecule has 0 bridgehead atoms. The molecule has 9 nitrogen and oxygen atoms in total. The molecule has 0 saturated heterocycles. The summed E-state index contributed by atoms with van der Waals surface area (Å²) >= 11 is 0. The lowest BCUT2D eigenvalue weighted by atomic mass is 9.73. The molecule has 6 N–H and O–H groups in total. The maximum atomic E-state index is 12.8. The Morgan fingerprint density at radius 3 is 1.07 bits per heavy atom. The van der Waals surface area contributed by atoms with E-state index in [2.05, 4.69) is 0 Å². The second-order valence-corrected chi connectivity index (χ2v) is 6.42. The molecular formula is C20H20O9. The molecule has 0 saturated carbocycles. The van der Waals surface area contributed by atoms with Gasteiger partial charge in [-0.3, -0.25) is 9.59 Å². The zero-order valence-electron chi connectivity index (χ0n) is 15.5. The number of hydrogen-bond donors (Lipinski definition) is 4. The van der Waals surface area contributed by atoms with Crippen molar-refractivity contribution in [3.8, 4) is 0 Å². The highest BCUT2D eigenvalue weighted by Crippen LogP contribution is 2.32. The molecule has 0 spiro atoms. The molecule has 0 aliphatic carbocycles. The molecule has 0 unspecified atom stereocenters. The highest BCUT2D eigenvalue weighted by molar-refractivity contribution is 6.28. The van der Waals surface area contributed by atoms with Crippen LogP contribution in [-0.2, 0) is 9.59 Å². The van der Waals surface area contributed by atoms with Gasteiger partial charge in [0.2, 0.25) is 11.6 Å². The van der Waals surface area contributed by atoms with Crippen molar-refractivity contribution in [2.45, 2.75) is 25.0 Å². The van der Waals surface area contributed by atoms with Gasteiger partial charge in [-0.05, 0) is 13.8 Å². The van der Waals surface area contributed by atoms with Crippen molar-refractivity contribution < 1.29 is 45.1 Å². The number of carboxylic acids is 2. The first-order valence-corrected chi connectivity index (χ1v) is 8.10. The lowest BCUT2D eigenvalue weighted by molar-refractivity contribution is -0.187. The standard InChI is InChI=1S/C20H18O8.H2O/c1-11-3-7-13(8-4-11)15(21)19(27,17(23)24)20(28,18(25)26)16(22)14-9-5-12(2)6-10-14;/h3-10,27-28H,1-2H3,(H,23,24)(H,25,26);1H2/t19-,20-;/m1./s1. The number of rotatable bonds is 7. The molecule has 0 aromatic heterocycles. The summed E-state index contributed by atoms with van der Waals surface area (Å²) < 4.78 is 0. The average Bonchev–Trinajstić information content (AvgIpc) is 2.66. The number of carbonyl (C=O) groups is 4. The molecule has 29 heavy (non-hydrogen) atoms. The summed E-state index contributed by atoms with van der Waals surface area (Å²) in [5.74, 6) is -8.01. The van der Waals surface area contributed by atoms with E-state index in [0.29, 0.717) is 11.1 Å². The van der Waals surface area contributed by atoms with E-state index in [-0.39, 0.29) is 16.6 Å². The lowest BCUT2D eigenvalue weighted by Crippen LogP contribution is -2.71. The van der Waals surface area contributed by atoms with Crippen LogP contribution in [0.3, 0.4) is 0 Å². The first kappa shape index (κ1) is 23.6. The third kappa shape index (κ3) is 3.79. The van der Waals surface area contributed by atoms with E-state index >= 15 is 0 Å². The second-order valence-electron chi connectivity index (χ2n) is 6.42. The Balaban J connectivity index is 0.00000420.